The van der Waals surface area contributed by atoms with E-state index >= 15 is 0 Å². The van der Waals surface area contributed by atoms with E-state index in [9.17, 15) is 9.59 Å². The van der Waals surface area contributed by atoms with Crippen molar-refractivity contribution in [3.63, 3.8) is 0 Å². The van der Waals surface area contributed by atoms with E-state index in [1.54, 1.807) is 17.6 Å². The van der Waals surface area contributed by atoms with Crippen molar-refractivity contribution in [3.05, 3.63) is 57.1 Å². The van der Waals surface area contributed by atoms with Crippen LogP contribution in [0.5, 0.6) is 0 Å². The molecule has 2 heterocycles. The van der Waals surface area contributed by atoms with E-state index in [1.807, 2.05) is 19.1 Å². The third-order valence-electron chi connectivity index (χ3n) is 6.58. The summed E-state index contributed by atoms with van der Waals surface area (Å²) < 4.78 is 0. The van der Waals surface area contributed by atoms with Crippen molar-refractivity contribution >= 4 is 17.9 Å². The molecule has 5 N–H and O–H groups in total. The van der Waals surface area contributed by atoms with Crippen LogP contribution in [0.3, 0.4) is 0 Å². The van der Waals surface area contributed by atoms with Crippen LogP contribution in [-0.2, 0) is 6.42 Å². The van der Waals surface area contributed by atoms with E-state index in [0.29, 0.717) is 29.2 Å². The number of rotatable bonds is 8. The quantitative estimate of drug-likeness (QED) is 0.244. The Kier molecular flexibility index (Phi) is 6.66. The Balaban J connectivity index is 1.38. The van der Waals surface area contributed by atoms with Gasteiger partial charge in [0.2, 0.25) is 0 Å². The molecule has 2 aromatic rings. The second-order valence-electron chi connectivity index (χ2n) is 8.82. The zero-order valence-electron chi connectivity index (χ0n) is 18.2. The average molecular weight is 439 g/mol. The van der Waals surface area contributed by atoms with Gasteiger partial charge in [0.15, 0.2) is 0 Å². The highest BCUT2D eigenvalue weighted by Crippen LogP contribution is 2.29. The van der Waals surface area contributed by atoms with E-state index in [2.05, 4.69) is 15.2 Å². The number of hydrogen-bond acceptors (Lipinski definition) is 7. The number of H-pyrrole nitrogens is 1. The van der Waals surface area contributed by atoms with Gasteiger partial charge in [0, 0.05) is 30.9 Å². The van der Waals surface area contributed by atoms with Crippen LogP contribution in [-0.4, -0.2) is 51.3 Å². The van der Waals surface area contributed by atoms with Crippen LogP contribution >= 0.6 is 0 Å². The summed E-state index contributed by atoms with van der Waals surface area (Å²) >= 11 is 0. The maximum absolute atomic E-state index is 12.6. The molecule has 1 atom stereocenters. The van der Waals surface area contributed by atoms with Crippen LogP contribution in [0.25, 0.3) is 0 Å². The van der Waals surface area contributed by atoms with Crippen molar-refractivity contribution in [2.45, 2.75) is 51.1 Å². The lowest BCUT2D eigenvalue weighted by molar-refractivity contribution is 0.0562. The van der Waals surface area contributed by atoms with Crippen molar-refractivity contribution < 1.29 is 10.0 Å². The number of carbonyl (C=O) groups is 1. The molecule has 9 nitrogen and oxygen atoms in total. The molecule has 1 saturated heterocycles. The molecule has 0 radical (unpaired) electrons. The van der Waals surface area contributed by atoms with Gasteiger partial charge in [-0.1, -0.05) is 25.0 Å². The predicted molar refractivity (Wildman–Crippen MR) is 121 cm³/mol. The van der Waals surface area contributed by atoms with Crippen LogP contribution in [0, 0.1) is 11.3 Å². The van der Waals surface area contributed by atoms with Gasteiger partial charge in [-0.15, -0.1) is 0 Å². The number of nitrogens with one attached hydrogen (secondary N) is 4. The smallest absolute Gasteiger partial charge is 0.274 e. The monoisotopic (exact) mass is 438 g/mol. The highest BCUT2D eigenvalue weighted by Gasteiger charge is 2.32. The molecule has 1 aromatic heterocycles. The Hall–Kier alpha value is -3.04. The predicted octanol–water partition coefficient (Wildman–Crippen LogP) is 2.48. The number of anilines is 1. The highest BCUT2D eigenvalue weighted by molar-refractivity contribution is 5.93. The third kappa shape index (κ3) is 4.73. The molecule has 1 unspecified atom stereocenters. The van der Waals surface area contributed by atoms with Gasteiger partial charge >= 0.3 is 0 Å². The zero-order valence-corrected chi connectivity index (χ0v) is 18.2. The molecular weight excluding hydrogens is 408 g/mol. The fourth-order valence-corrected chi connectivity index (χ4v) is 4.62. The van der Waals surface area contributed by atoms with Crippen LogP contribution in [0.1, 0.15) is 66.0 Å². The molecule has 0 spiro atoms. The first-order chi connectivity index (χ1) is 15.5. The first-order valence-electron chi connectivity index (χ1n) is 11.2. The maximum atomic E-state index is 12.6. The number of likely N-dealkylation sites (tertiary alicyclic amines) is 1. The first-order valence-corrected chi connectivity index (χ1v) is 11.2. The normalized spacial score (nSPS) is 18.2. The number of amides is 1. The largest absolute Gasteiger partial charge is 0.367 e. The van der Waals surface area contributed by atoms with Crippen molar-refractivity contribution in [1.29, 1.82) is 5.41 Å². The summed E-state index contributed by atoms with van der Waals surface area (Å²) in [5.41, 5.74) is 3.21. The number of nitrogens with zero attached hydrogens (tertiary/aromatic N) is 2. The summed E-state index contributed by atoms with van der Waals surface area (Å²) in [5.74, 6) is 1.11. The molecular formula is C23H30N6O3. The van der Waals surface area contributed by atoms with E-state index in [4.69, 9.17) is 15.6 Å². The van der Waals surface area contributed by atoms with Crippen LogP contribution < -0.4 is 16.4 Å². The van der Waals surface area contributed by atoms with E-state index < -0.39 is 5.91 Å². The molecule has 2 fully saturated rings. The second kappa shape index (κ2) is 9.62. The maximum Gasteiger partial charge on any atom is 0.274 e. The lowest BCUT2D eigenvalue weighted by atomic mass is 9.90. The molecule has 32 heavy (non-hydrogen) atoms. The number of aromatic amines is 1. The lowest BCUT2D eigenvalue weighted by Crippen LogP contribution is -2.49. The van der Waals surface area contributed by atoms with Crippen LogP contribution in [0.2, 0.25) is 0 Å². The SMILES string of the molecule is CC(c1nc(NC2CCCC2)c(C=N)c(=O)[nH]1)N1CC(Cc2ccc(C(=O)NO)cc2)C1. The van der Waals surface area contributed by atoms with Crippen molar-refractivity contribution in [1.82, 2.24) is 20.3 Å². The minimum Gasteiger partial charge on any atom is -0.367 e. The molecule has 1 amide bonds. The number of benzene rings is 1. The number of carbonyl (C=O) groups excluding carboxylic acids is 1. The minimum absolute atomic E-state index is 0.0292. The molecule has 9 heteroatoms. The fraction of sp³-hybridized carbons (Fsp3) is 0.478. The van der Waals surface area contributed by atoms with Crippen LogP contribution in [0.15, 0.2) is 29.1 Å². The Bertz CT molecular complexity index is 1020. The molecule has 1 saturated carbocycles. The van der Waals surface area contributed by atoms with E-state index in [0.717, 1.165) is 44.1 Å². The van der Waals surface area contributed by atoms with Gasteiger partial charge in [-0.25, -0.2) is 10.5 Å². The van der Waals surface area contributed by atoms with Crippen molar-refractivity contribution in [2.24, 2.45) is 5.92 Å². The van der Waals surface area contributed by atoms with E-state index in [1.165, 1.54) is 12.8 Å². The zero-order chi connectivity index (χ0) is 22.7. The number of aromatic nitrogens is 2. The highest BCUT2D eigenvalue weighted by atomic mass is 16.5. The van der Waals surface area contributed by atoms with Crippen molar-refractivity contribution in [3.8, 4) is 0 Å². The van der Waals surface area contributed by atoms with E-state index in [-0.39, 0.29) is 17.2 Å². The topological polar surface area (TPSA) is 134 Å². The Labute approximate surface area is 186 Å². The number of hydroxylamine groups is 1. The van der Waals surface area contributed by atoms with Crippen LogP contribution in [0.4, 0.5) is 5.82 Å². The molecule has 170 valence electrons. The van der Waals surface area contributed by atoms with Crippen molar-refractivity contribution in [2.75, 3.05) is 18.4 Å². The Morgan fingerprint density at radius 3 is 2.62 bits per heavy atom. The molecule has 0 bridgehead atoms. The van der Waals surface area contributed by atoms with Gasteiger partial charge in [0.25, 0.3) is 11.5 Å². The summed E-state index contributed by atoms with van der Waals surface area (Å²) in [6, 6.07) is 7.52. The molecule has 2 aliphatic rings. The third-order valence-corrected chi connectivity index (χ3v) is 6.58. The van der Waals surface area contributed by atoms with Gasteiger partial charge < -0.3 is 15.7 Å². The fourth-order valence-electron chi connectivity index (χ4n) is 4.62. The second-order valence-corrected chi connectivity index (χ2v) is 8.82. The summed E-state index contributed by atoms with van der Waals surface area (Å²) in [7, 11) is 0. The summed E-state index contributed by atoms with van der Waals surface area (Å²) in [5, 5.41) is 19.7. The Morgan fingerprint density at radius 1 is 1.31 bits per heavy atom. The lowest BCUT2D eigenvalue weighted by Gasteiger charge is -2.43. The molecule has 1 aliphatic carbocycles. The summed E-state index contributed by atoms with van der Waals surface area (Å²) in [6.45, 7) is 3.82. The summed E-state index contributed by atoms with van der Waals surface area (Å²) in [4.78, 5) is 33.8. The molecule has 1 aromatic carbocycles. The van der Waals surface area contributed by atoms with Gasteiger partial charge in [0.1, 0.15) is 11.6 Å². The number of hydrogen-bond donors (Lipinski definition) is 5. The molecule has 4 rings (SSSR count). The standard InChI is InChI=1S/C23H30N6O3/c1-14(20-26-21(19(11-24)23(31)27-20)25-18-4-2-3-5-18)29-12-16(13-29)10-15-6-8-17(9-7-15)22(30)28-32/h6-9,11,14,16,18,24,32H,2-5,10,12-13H2,1H3,(H,28,30)(H2,25,26,27,31). The van der Waals surface area contributed by atoms with Gasteiger partial charge in [-0.05, 0) is 49.8 Å². The summed E-state index contributed by atoms with van der Waals surface area (Å²) in [6.07, 6.45) is 6.46. The minimum atomic E-state index is -0.516. The average Bonchev–Trinajstić information content (AvgIpc) is 3.28. The Morgan fingerprint density at radius 2 is 2.00 bits per heavy atom. The van der Waals surface area contributed by atoms with Gasteiger partial charge in [-0.3, -0.25) is 19.7 Å². The van der Waals surface area contributed by atoms with Gasteiger partial charge in [-0.2, -0.15) is 0 Å². The van der Waals surface area contributed by atoms with Gasteiger partial charge in [0.05, 0.1) is 11.6 Å². The first kappa shape index (κ1) is 22.2. The molecule has 1 aliphatic heterocycles.